The third-order valence-corrected chi connectivity index (χ3v) is 5.60. The molecule has 2 aliphatic heterocycles. The van der Waals surface area contributed by atoms with Crippen LogP contribution in [0.1, 0.15) is 18.9 Å². The molecule has 0 unspecified atom stereocenters. The first-order chi connectivity index (χ1) is 15.8. The molecule has 1 fully saturated rings. The van der Waals surface area contributed by atoms with Crippen molar-refractivity contribution in [3.05, 3.63) is 42.2 Å². The van der Waals surface area contributed by atoms with Crippen molar-refractivity contribution in [3.63, 3.8) is 0 Å². The summed E-state index contributed by atoms with van der Waals surface area (Å²) in [7, 11) is 0. The van der Waals surface area contributed by atoms with E-state index in [4.69, 9.17) is 14.5 Å². The summed E-state index contributed by atoms with van der Waals surface area (Å²) in [4.78, 5) is 18.2. The Morgan fingerprint density at radius 1 is 1.06 bits per heavy atom. The zero-order valence-corrected chi connectivity index (χ0v) is 18.8. The van der Waals surface area contributed by atoms with Gasteiger partial charge < -0.3 is 25.0 Å². The van der Waals surface area contributed by atoms with Gasteiger partial charge in [-0.15, -0.1) is 0 Å². The van der Waals surface area contributed by atoms with Crippen molar-refractivity contribution in [3.8, 4) is 11.5 Å². The Labute approximate surface area is 189 Å². The Hall–Kier alpha value is -3.07. The number of anilines is 1. The first-order valence-electron chi connectivity index (χ1n) is 11.5. The lowest BCUT2D eigenvalue weighted by Gasteiger charge is -2.34. The number of benzene rings is 1. The van der Waals surface area contributed by atoms with E-state index in [0.29, 0.717) is 6.79 Å². The molecule has 0 aliphatic carbocycles. The molecule has 4 rings (SSSR count). The number of aromatic nitrogens is 2. The van der Waals surface area contributed by atoms with E-state index in [1.54, 1.807) is 12.4 Å². The molecule has 2 N–H and O–H groups in total. The number of nitrogens with zero attached hydrogens (tertiary/aromatic N) is 5. The van der Waals surface area contributed by atoms with Crippen LogP contribution in [0.4, 0.5) is 5.95 Å². The van der Waals surface area contributed by atoms with Crippen molar-refractivity contribution in [2.75, 3.05) is 64.1 Å². The van der Waals surface area contributed by atoms with Gasteiger partial charge in [-0.1, -0.05) is 6.07 Å². The maximum atomic E-state index is 5.46. The molecule has 2 aliphatic rings. The zero-order valence-electron chi connectivity index (χ0n) is 18.8. The lowest BCUT2D eigenvalue weighted by Crippen LogP contribution is -2.47. The largest absolute Gasteiger partial charge is 0.454 e. The maximum Gasteiger partial charge on any atom is 0.231 e. The summed E-state index contributed by atoms with van der Waals surface area (Å²) < 4.78 is 10.8. The van der Waals surface area contributed by atoms with Crippen molar-refractivity contribution in [2.45, 2.75) is 19.8 Å². The van der Waals surface area contributed by atoms with Crippen molar-refractivity contribution in [2.24, 2.45) is 4.99 Å². The van der Waals surface area contributed by atoms with Gasteiger partial charge >= 0.3 is 0 Å². The average Bonchev–Trinajstić information content (AvgIpc) is 3.31. The van der Waals surface area contributed by atoms with E-state index in [1.165, 1.54) is 5.56 Å². The Bertz CT molecular complexity index is 870. The van der Waals surface area contributed by atoms with Gasteiger partial charge in [0.15, 0.2) is 17.5 Å². The first kappa shape index (κ1) is 22.1. The van der Waals surface area contributed by atoms with Crippen LogP contribution in [-0.2, 0) is 6.42 Å². The number of fused-ring (bicyclic) bond motifs is 1. The van der Waals surface area contributed by atoms with Crippen molar-refractivity contribution in [1.29, 1.82) is 0 Å². The third kappa shape index (κ3) is 6.23. The third-order valence-electron chi connectivity index (χ3n) is 5.60. The van der Waals surface area contributed by atoms with E-state index < -0.39 is 0 Å². The van der Waals surface area contributed by atoms with Gasteiger partial charge in [-0.2, -0.15) is 0 Å². The van der Waals surface area contributed by atoms with Gasteiger partial charge in [0.2, 0.25) is 12.7 Å². The molecule has 9 nitrogen and oxygen atoms in total. The molecule has 0 atom stereocenters. The summed E-state index contributed by atoms with van der Waals surface area (Å²) in [6, 6.07) is 7.97. The zero-order chi connectivity index (χ0) is 22.0. The van der Waals surface area contributed by atoms with Gasteiger partial charge in [-0.25, -0.2) is 9.97 Å². The topological polar surface area (TPSA) is 87.1 Å². The molecule has 32 heavy (non-hydrogen) atoms. The molecule has 0 bridgehead atoms. The van der Waals surface area contributed by atoms with Crippen molar-refractivity contribution < 1.29 is 9.47 Å². The van der Waals surface area contributed by atoms with Crippen LogP contribution in [0.5, 0.6) is 11.5 Å². The highest BCUT2D eigenvalue weighted by Crippen LogP contribution is 2.32. The van der Waals surface area contributed by atoms with Gasteiger partial charge in [-0.05, 0) is 43.5 Å². The molecule has 172 valence electrons. The van der Waals surface area contributed by atoms with Crippen LogP contribution in [0.2, 0.25) is 0 Å². The second kappa shape index (κ2) is 11.5. The van der Waals surface area contributed by atoms with Crippen LogP contribution in [-0.4, -0.2) is 80.0 Å². The second-order valence-electron chi connectivity index (χ2n) is 7.86. The Morgan fingerprint density at radius 2 is 1.88 bits per heavy atom. The van der Waals surface area contributed by atoms with E-state index >= 15 is 0 Å². The maximum absolute atomic E-state index is 5.46. The first-order valence-corrected chi connectivity index (χ1v) is 11.5. The second-order valence-corrected chi connectivity index (χ2v) is 7.86. The normalized spacial score (nSPS) is 16.3. The molecule has 2 aromatic rings. The minimum atomic E-state index is 0.311. The van der Waals surface area contributed by atoms with Gasteiger partial charge in [0.05, 0.1) is 0 Å². The fraction of sp³-hybridized carbons (Fsp3) is 0.522. The van der Waals surface area contributed by atoms with Crippen molar-refractivity contribution >= 4 is 11.9 Å². The highest BCUT2D eigenvalue weighted by Gasteiger charge is 2.18. The lowest BCUT2D eigenvalue weighted by atomic mass is 10.1. The smallest absolute Gasteiger partial charge is 0.231 e. The number of guanidine groups is 1. The highest BCUT2D eigenvalue weighted by atomic mass is 16.7. The molecular formula is C23H33N7O2. The summed E-state index contributed by atoms with van der Waals surface area (Å²) in [5.41, 5.74) is 1.22. The van der Waals surface area contributed by atoms with Crippen LogP contribution < -0.4 is 25.0 Å². The van der Waals surface area contributed by atoms with Gasteiger partial charge in [0, 0.05) is 64.8 Å². The van der Waals surface area contributed by atoms with Crippen LogP contribution >= 0.6 is 0 Å². The lowest BCUT2D eigenvalue weighted by molar-refractivity contribution is 0.174. The molecule has 0 amide bonds. The van der Waals surface area contributed by atoms with Crippen LogP contribution in [0.15, 0.2) is 41.7 Å². The Balaban J connectivity index is 1.14. The average molecular weight is 440 g/mol. The van der Waals surface area contributed by atoms with Crippen LogP contribution in [0, 0.1) is 0 Å². The molecule has 3 heterocycles. The minimum absolute atomic E-state index is 0.311. The standard InChI is InChI=1S/C23H33N7O2/c1-2-24-22(26-11-7-19-5-6-20-21(17-19)32-18-31-20)25-10-4-12-29-13-15-30(16-14-29)23-27-8-3-9-28-23/h3,5-6,8-9,17H,2,4,7,10-16,18H2,1H3,(H2,24,25,26). The summed E-state index contributed by atoms with van der Waals surface area (Å²) in [5, 5.41) is 6.76. The molecule has 0 saturated carbocycles. The summed E-state index contributed by atoms with van der Waals surface area (Å²) in [6.07, 6.45) is 5.55. The van der Waals surface area contributed by atoms with E-state index in [0.717, 1.165) is 88.6 Å². The monoisotopic (exact) mass is 439 g/mol. The number of hydrogen-bond acceptors (Lipinski definition) is 7. The fourth-order valence-electron chi connectivity index (χ4n) is 3.87. The Kier molecular flexibility index (Phi) is 7.97. The predicted molar refractivity (Wildman–Crippen MR) is 126 cm³/mol. The quantitative estimate of drug-likeness (QED) is 0.346. The fourth-order valence-corrected chi connectivity index (χ4v) is 3.87. The van der Waals surface area contributed by atoms with E-state index in [9.17, 15) is 0 Å². The molecule has 9 heteroatoms. The van der Waals surface area contributed by atoms with Crippen LogP contribution in [0.3, 0.4) is 0 Å². The molecule has 1 saturated heterocycles. The van der Waals surface area contributed by atoms with Gasteiger partial charge in [-0.3, -0.25) is 9.89 Å². The van der Waals surface area contributed by atoms with E-state index in [-0.39, 0.29) is 0 Å². The molecule has 0 radical (unpaired) electrons. The van der Waals surface area contributed by atoms with Crippen LogP contribution in [0.25, 0.3) is 0 Å². The minimum Gasteiger partial charge on any atom is -0.454 e. The molecular weight excluding hydrogens is 406 g/mol. The number of ether oxygens (including phenoxy) is 2. The SMILES string of the molecule is CCNC(=NCCCN1CCN(c2ncccn2)CC1)NCCc1ccc2c(c1)OCO2. The summed E-state index contributed by atoms with van der Waals surface area (Å²) in [5.74, 6) is 3.37. The Morgan fingerprint density at radius 3 is 2.69 bits per heavy atom. The molecule has 0 spiro atoms. The number of piperazine rings is 1. The number of hydrogen-bond donors (Lipinski definition) is 2. The number of rotatable bonds is 9. The number of nitrogens with one attached hydrogen (secondary N) is 2. The summed E-state index contributed by atoms with van der Waals surface area (Å²) in [6.45, 7) is 9.94. The van der Waals surface area contributed by atoms with Gasteiger partial charge in [0.1, 0.15) is 0 Å². The molecule has 1 aromatic heterocycles. The van der Waals surface area contributed by atoms with Gasteiger partial charge in [0.25, 0.3) is 0 Å². The molecule has 1 aromatic carbocycles. The van der Waals surface area contributed by atoms with E-state index in [1.807, 2.05) is 12.1 Å². The highest BCUT2D eigenvalue weighted by molar-refractivity contribution is 5.79. The predicted octanol–water partition coefficient (Wildman–Crippen LogP) is 1.52. The summed E-state index contributed by atoms with van der Waals surface area (Å²) >= 11 is 0. The number of aliphatic imine (C=N–C) groups is 1. The van der Waals surface area contributed by atoms with E-state index in [2.05, 4.69) is 49.5 Å². The van der Waals surface area contributed by atoms with Crippen molar-refractivity contribution in [1.82, 2.24) is 25.5 Å².